The van der Waals surface area contributed by atoms with E-state index in [1.54, 1.807) is 4.90 Å². The van der Waals surface area contributed by atoms with Crippen molar-refractivity contribution in [3.8, 4) is 0 Å². The van der Waals surface area contributed by atoms with Crippen molar-refractivity contribution >= 4 is 34.1 Å². The van der Waals surface area contributed by atoms with Gasteiger partial charge in [-0.05, 0) is 30.2 Å². The van der Waals surface area contributed by atoms with Crippen LogP contribution in [0.3, 0.4) is 0 Å². The van der Waals surface area contributed by atoms with Gasteiger partial charge >= 0.3 is 5.97 Å². The molecule has 1 aliphatic rings. The van der Waals surface area contributed by atoms with Gasteiger partial charge in [0.1, 0.15) is 10.8 Å². The van der Waals surface area contributed by atoms with Crippen molar-refractivity contribution in [3.63, 3.8) is 0 Å². The molecule has 0 bridgehead atoms. The highest BCUT2D eigenvalue weighted by Gasteiger charge is 2.29. The Morgan fingerprint density at radius 3 is 2.72 bits per heavy atom. The number of fused-ring (bicyclic) bond motifs is 1. The van der Waals surface area contributed by atoms with Gasteiger partial charge in [0, 0.05) is 23.9 Å². The fourth-order valence-corrected chi connectivity index (χ4v) is 4.04. The number of nitrogens with zero attached hydrogens (tertiary/aromatic N) is 1. The zero-order chi connectivity index (χ0) is 18.1. The van der Waals surface area contributed by atoms with Crippen molar-refractivity contribution in [2.45, 2.75) is 19.9 Å². The maximum Gasteiger partial charge on any atom is 0.339 e. The minimum atomic E-state index is -1.14. The van der Waals surface area contributed by atoms with E-state index in [2.05, 4.69) is 5.32 Å². The van der Waals surface area contributed by atoms with Crippen molar-refractivity contribution in [2.24, 2.45) is 0 Å². The van der Waals surface area contributed by atoms with Gasteiger partial charge in [-0.15, -0.1) is 11.3 Å². The smallest absolute Gasteiger partial charge is 0.339 e. The third-order valence-corrected chi connectivity index (χ3v) is 5.16. The quantitative estimate of drug-likeness (QED) is 0.879. The zero-order valence-corrected chi connectivity index (χ0v) is 14.2. The van der Waals surface area contributed by atoms with E-state index < -0.39 is 17.7 Å². The van der Waals surface area contributed by atoms with E-state index in [1.807, 2.05) is 0 Å². The van der Waals surface area contributed by atoms with Gasteiger partial charge in [0.25, 0.3) is 5.91 Å². The molecule has 2 aromatic rings. The molecule has 0 radical (unpaired) electrons. The molecule has 2 amide bonds. The van der Waals surface area contributed by atoms with E-state index in [1.165, 1.54) is 25.1 Å². The van der Waals surface area contributed by atoms with E-state index >= 15 is 0 Å². The summed E-state index contributed by atoms with van der Waals surface area (Å²) in [6, 6.07) is 5.16. The van der Waals surface area contributed by atoms with Gasteiger partial charge in [-0.3, -0.25) is 9.59 Å². The lowest BCUT2D eigenvalue weighted by atomic mass is 10.0. The molecule has 2 heterocycles. The van der Waals surface area contributed by atoms with Gasteiger partial charge in [-0.25, -0.2) is 9.18 Å². The molecule has 3 rings (SSSR count). The van der Waals surface area contributed by atoms with Crippen molar-refractivity contribution in [1.82, 2.24) is 4.90 Å². The summed E-state index contributed by atoms with van der Waals surface area (Å²) in [6.07, 6.45) is 0.420. The van der Waals surface area contributed by atoms with Gasteiger partial charge in [-0.1, -0.05) is 6.07 Å². The summed E-state index contributed by atoms with van der Waals surface area (Å²) in [5.41, 5.74) is 0.797. The monoisotopic (exact) mass is 362 g/mol. The van der Waals surface area contributed by atoms with Gasteiger partial charge < -0.3 is 15.3 Å². The Hall–Kier alpha value is -2.74. The van der Waals surface area contributed by atoms with E-state index in [4.69, 9.17) is 0 Å². The van der Waals surface area contributed by atoms with E-state index in [-0.39, 0.29) is 22.0 Å². The molecule has 25 heavy (non-hydrogen) atoms. The minimum Gasteiger partial charge on any atom is -0.478 e. The van der Waals surface area contributed by atoms with Crippen molar-refractivity contribution in [1.29, 1.82) is 0 Å². The highest BCUT2D eigenvalue weighted by atomic mass is 32.1. The van der Waals surface area contributed by atoms with Gasteiger partial charge in [0.15, 0.2) is 0 Å². The van der Waals surface area contributed by atoms with E-state index in [9.17, 15) is 23.9 Å². The second-order valence-corrected chi connectivity index (χ2v) is 6.77. The maximum atomic E-state index is 13.3. The van der Waals surface area contributed by atoms with Gasteiger partial charge in [0.05, 0.1) is 12.1 Å². The summed E-state index contributed by atoms with van der Waals surface area (Å²) >= 11 is 1.14. The molecule has 0 unspecified atom stereocenters. The summed E-state index contributed by atoms with van der Waals surface area (Å²) in [5, 5.41) is 12.3. The van der Waals surface area contributed by atoms with E-state index in [0.717, 1.165) is 22.3 Å². The SMILES string of the molecule is CC(=O)N1CCc2c(sc(NC(=O)c3cccc(F)c3)c2C(=O)O)C1. The Bertz CT molecular complexity index is 878. The van der Waals surface area contributed by atoms with Crippen LogP contribution in [0.5, 0.6) is 0 Å². The Labute approximate surface area is 146 Å². The first-order valence-corrected chi connectivity index (χ1v) is 8.38. The molecule has 0 fully saturated rings. The number of halogens is 1. The largest absolute Gasteiger partial charge is 0.478 e. The fraction of sp³-hybridized carbons (Fsp3) is 0.235. The molecule has 130 valence electrons. The third-order valence-electron chi connectivity index (χ3n) is 4.03. The number of rotatable bonds is 3. The van der Waals surface area contributed by atoms with Crippen LogP contribution >= 0.6 is 11.3 Å². The summed E-state index contributed by atoms with van der Waals surface area (Å²) in [4.78, 5) is 37.9. The molecule has 1 aromatic heterocycles. The summed E-state index contributed by atoms with van der Waals surface area (Å²) in [5.74, 6) is -2.35. The van der Waals surface area contributed by atoms with Crippen molar-refractivity contribution < 1.29 is 23.9 Å². The number of carbonyl (C=O) groups excluding carboxylic acids is 2. The van der Waals surface area contributed by atoms with Gasteiger partial charge in [0.2, 0.25) is 5.91 Å². The molecule has 1 aliphatic heterocycles. The van der Waals surface area contributed by atoms with Crippen LogP contribution in [-0.4, -0.2) is 34.3 Å². The number of benzene rings is 1. The molecule has 1 aromatic carbocycles. The number of carboxylic acid groups (broad SMARTS) is 1. The fourth-order valence-electron chi connectivity index (χ4n) is 2.79. The third kappa shape index (κ3) is 3.39. The van der Waals surface area contributed by atoms with Crippen LogP contribution in [0.15, 0.2) is 24.3 Å². The number of hydrogen-bond donors (Lipinski definition) is 2. The highest BCUT2D eigenvalue weighted by Crippen LogP contribution is 2.37. The Morgan fingerprint density at radius 2 is 2.08 bits per heavy atom. The first kappa shape index (κ1) is 17.1. The van der Waals surface area contributed by atoms with Crippen molar-refractivity contribution in [2.75, 3.05) is 11.9 Å². The zero-order valence-electron chi connectivity index (χ0n) is 13.3. The van der Waals surface area contributed by atoms with Crippen LogP contribution in [0.1, 0.15) is 38.1 Å². The van der Waals surface area contributed by atoms with E-state index in [0.29, 0.717) is 25.1 Å². The number of carboxylic acids is 1. The van der Waals surface area contributed by atoms with Crippen LogP contribution in [0, 0.1) is 5.82 Å². The summed E-state index contributed by atoms with van der Waals surface area (Å²) < 4.78 is 13.3. The van der Waals surface area contributed by atoms with Crippen LogP contribution in [0.25, 0.3) is 0 Å². The number of anilines is 1. The number of amides is 2. The average molecular weight is 362 g/mol. The summed E-state index contributed by atoms with van der Waals surface area (Å²) in [7, 11) is 0. The lowest BCUT2D eigenvalue weighted by Gasteiger charge is -2.25. The number of carbonyl (C=O) groups is 3. The second-order valence-electron chi connectivity index (χ2n) is 5.67. The van der Waals surface area contributed by atoms with Crippen LogP contribution < -0.4 is 5.32 Å². The first-order chi connectivity index (χ1) is 11.9. The normalized spacial score (nSPS) is 13.3. The molecule has 2 N–H and O–H groups in total. The second kappa shape index (κ2) is 6.64. The topological polar surface area (TPSA) is 86.7 Å². The van der Waals surface area contributed by atoms with Crippen molar-refractivity contribution in [3.05, 3.63) is 51.7 Å². The highest BCUT2D eigenvalue weighted by molar-refractivity contribution is 7.17. The maximum absolute atomic E-state index is 13.3. The molecule has 0 saturated heterocycles. The molecule has 0 saturated carbocycles. The number of thiophene rings is 1. The molecule has 0 atom stereocenters. The number of aromatic carboxylic acids is 1. The molecular formula is C17H15FN2O4S. The summed E-state index contributed by atoms with van der Waals surface area (Å²) in [6.45, 7) is 2.23. The molecule has 0 aliphatic carbocycles. The average Bonchev–Trinajstić information content (AvgIpc) is 2.91. The van der Waals surface area contributed by atoms with Gasteiger partial charge in [-0.2, -0.15) is 0 Å². The Balaban J connectivity index is 1.93. The molecule has 6 nitrogen and oxygen atoms in total. The molecule has 8 heteroatoms. The number of nitrogens with one attached hydrogen (secondary N) is 1. The predicted molar refractivity (Wildman–Crippen MR) is 90.4 cm³/mol. The first-order valence-electron chi connectivity index (χ1n) is 7.57. The Morgan fingerprint density at radius 1 is 1.32 bits per heavy atom. The predicted octanol–water partition coefficient (Wildman–Crippen LogP) is 2.74. The lowest BCUT2D eigenvalue weighted by molar-refractivity contribution is -0.129. The van der Waals surface area contributed by atoms with Crippen LogP contribution in [-0.2, 0) is 17.8 Å². The minimum absolute atomic E-state index is 0.0490. The molecular weight excluding hydrogens is 347 g/mol. The molecule has 0 spiro atoms. The number of hydrogen-bond acceptors (Lipinski definition) is 4. The van der Waals surface area contributed by atoms with Crippen LogP contribution in [0.2, 0.25) is 0 Å². The Kier molecular flexibility index (Phi) is 4.54. The van der Waals surface area contributed by atoms with Crippen LogP contribution in [0.4, 0.5) is 9.39 Å². The lowest BCUT2D eigenvalue weighted by Crippen LogP contribution is -2.33. The standard InChI is InChI=1S/C17H15FN2O4S/c1-9(21)20-6-5-12-13(8-20)25-16(14(12)17(23)24)19-15(22)10-3-2-4-11(18)7-10/h2-4,7H,5-6,8H2,1H3,(H,19,22)(H,23,24).